The Morgan fingerprint density at radius 1 is 0.861 bits per heavy atom. The third-order valence-corrected chi connectivity index (χ3v) is 4.92. The van der Waals surface area contributed by atoms with Gasteiger partial charge in [0.1, 0.15) is 23.5 Å². The van der Waals surface area contributed by atoms with Crippen LogP contribution in [-0.4, -0.2) is 41.6 Å². The van der Waals surface area contributed by atoms with Crippen LogP contribution < -0.4 is 20.7 Å². The molecule has 36 heavy (non-hydrogen) atoms. The minimum Gasteiger partial charge on any atom is -0.497 e. The van der Waals surface area contributed by atoms with Gasteiger partial charge in [-0.05, 0) is 41.3 Å². The second-order valence-corrected chi connectivity index (χ2v) is 8.32. The molecule has 3 rings (SSSR count). The maximum atomic E-state index is 12.6. The number of anilines is 1. The number of rotatable bonds is 10. The topological polar surface area (TPSA) is 132 Å². The SMILES string of the molecule is COc1cccc(CNC(=O)c2cc(C(=O)NCc3ccc(NC(=O)OCC(C)C)cc3)ncn2)c1. The average molecular weight is 492 g/mol. The summed E-state index contributed by atoms with van der Waals surface area (Å²) in [6.45, 7) is 4.76. The number of hydrogen-bond acceptors (Lipinski definition) is 7. The van der Waals surface area contributed by atoms with E-state index in [1.807, 2.05) is 38.1 Å². The first-order chi connectivity index (χ1) is 17.3. The number of hydrogen-bond donors (Lipinski definition) is 3. The summed E-state index contributed by atoms with van der Waals surface area (Å²) >= 11 is 0. The monoisotopic (exact) mass is 491 g/mol. The van der Waals surface area contributed by atoms with Gasteiger partial charge < -0.3 is 20.1 Å². The van der Waals surface area contributed by atoms with Gasteiger partial charge in [-0.2, -0.15) is 0 Å². The van der Waals surface area contributed by atoms with E-state index in [0.717, 1.165) is 11.1 Å². The summed E-state index contributed by atoms with van der Waals surface area (Å²) < 4.78 is 10.3. The molecule has 0 saturated carbocycles. The van der Waals surface area contributed by atoms with Crippen molar-refractivity contribution in [2.75, 3.05) is 19.0 Å². The minimum absolute atomic E-state index is 0.0720. The summed E-state index contributed by atoms with van der Waals surface area (Å²) in [4.78, 5) is 44.8. The normalized spacial score (nSPS) is 10.4. The number of methoxy groups -OCH3 is 1. The van der Waals surface area contributed by atoms with Crippen LogP contribution >= 0.6 is 0 Å². The molecule has 2 aromatic carbocycles. The number of nitrogens with zero attached hydrogens (tertiary/aromatic N) is 2. The van der Waals surface area contributed by atoms with E-state index in [4.69, 9.17) is 9.47 Å². The fraction of sp³-hybridized carbons (Fsp3) is 0.269. The van der Waals surface area contributed by atoms with E-state index in [9.17, 15) is 14.4 Å². The van der Waals surface area contributed by atoms with Gasteiger partial charge in [-0.25, -0.2) is 14.8 Å². The number of ether oxygens (including phenoxy) is 2. The highest BCUT2D eigenvalue weighted by atomic mass is 16.5. The third-order valence-electron chi connectivity index (χ3n) is 4.92. The zero-order chi connectivity index (χ0) is 25.9. The van der Waals surface area contributed by atoms with E-state index in [1.165, 1.54) is 12.4 Å². The molecule has 0 saturated heterocycles. The van der Waals surface area contributed by atoms with Crippen LogP contribution in [0.1, 0.15) is 46.0 Å². The molecule has 0 atom stereocenters. The number of carbonyl (C=O) groups excluding carboxylic acids is 3. The van der Waals surface area contributed by atoms with Gasteiger partial charge in [0.2, 0.25) is 0 Å². The van der Waals surface area contributed by atoms with Crippen LogP contribution in [0.4, 0.5) is 10.5 Å². The van der Waals surface area contributed by atoms with Gasteiger partial charge in [0.25, 0.3) is 11.8 Å². The lowest BCUT2D eigenvalue weighted by atomic mass is 10.2. The summed E-state index contributed by atoms with van der Waals surface area (Å²) in [5.74, 6) is 0.0711. The van der Waals surface area contributed by atoms with Crippen molar-refractivity contribution in [3.63, 3.8) is 0 Å². The van der Waals surface area contributed by atoms with Gasteiger partial charge in [-0.1, -0.05) is 38.1 Å². The van der Waals surface area contributed by atoms with E-state index in [0.29, 0.717) is 18.0 Å². The summed E-state index contributed by atoms with van der Waals surface area (Å²) in [5.41, 5.74) is 2.41. The zero-order valence-corrected chi connectivity index (χ0v) is 20.4. The van der Waals surface area contributed by atoms with Gasteiger partial charge >= 0.3 is 6.09 Å². The maximum absolute atomic E-state index is 12.6. The fourth-order valence-electron chi connectivity index (χ4n) is 3.04. The lowest BCUT2D eigenvalue weighted by molar-refractivity contribution is 0.0944. The van der Waals surface area contributed by atoms with Crippen molar-refractivity contribution >= 4 is 23.6 Å². The largest absolute Gasteiger partial charge is 0.497 e. The second kappa shape index (κ2) is 12.8. The standard InChI is InChI=1S/C26H29N5O5/c1-17(2)15-36-26(34)31-20-9-7-18(8-10-20)13-27-24(32)22-12-23(30-16-29-22)25(33)28-14-19-5-4-6-21(11-19)35-3/h4-12,16-17H,13-15H2,1-3H3,(H,27,32)(H,28,33)(H,31,34). The summed E-state index contributed by atoms with van der Waals surface area (Å²) in [6, 6.07) is 15.7. The van der Waals surface area contributed by atoms with E-state index in [2.05, 4.69) is 25.9 Å². The Kier molecular flexibility index (Phi) is 9.33. The highest BCUT2D eigenvalue weighted by Gasteiger charge is 2.13. The van der Waals surface area contributed by atoms with Gasteiger partial charge in [0, 0.05) is 24.8 Å². The van der Waals surface area contributed by atoms with Crippen molar-refractivity contribution in [3.8, 4) is 5.75 Å². The molecule has 0 unspecified atom stereocenters. The quantitative estimate of drug-likeness (QED) is 0.395. The van der Waals surface area contributed by atoms with Crippen molar-refractivity contribution in [3.05, 3.63) is 83.4 Å². The highest BCUT2D eigenvalue weighted by Crippen LogP contribution is 2.13. The molecule has 10 nitrogen and oxygen atoms in total. The van der Waals surface area contributed by atoms with Gasteiger partial charge in [0.05, 0.1) is 13.7 Å². The van der Waals surface area contributed by atoms with Crippen molar-refractivity contribution in [1.82, 2.24) is 20.6 Å². The predicted octanol–water partition coefficient (Wildman–Crippen LogP) is 3.55. The Balaban J connectivity index is 1.50. The van der Waals surface area contributed by atoms with Crippen LogP contribution in [0.25, 0.3) is 0 Å². The van der Waals surface area contributed by atoms with Crippen LogP contribution in [-0.2, 0) is 17.8 Å². The van der Waals surface area contributed by atoms with Crippen LogP contribution in [0.15, 0.2) is 60.9 Å². The summed E-state index contributed by atoms with van der Waals surface area (Å²) in [7, 11) is 1.57. The Morgan fingerprint density at radius 3 is 2.11 bits per heavy atom. The first kappa shape index (κ1) is 26.1. The summed E-state index contributed by atoms with van der Waals surface area (Å²) in [5, 5.41) is 8.17. The Labute approximate surface area is 209 Å². The van der Waals surface area contributed by atoms with Gasteiger partial charge in [-0.15, -0.1) is 0 Å². The highest BCUT2D eigenvalue weighted by molar-refractivity contribution is 5.97. The molecular formula is C26H29N5O5. The molecule has 0 aliphatic rings. The van der Waals surface area contributed by atoms with Crippen molar-refractivity contribution < 1.29 is 23.9 Å². The molecule has 10 heteroatoms. The van der Waals surface area contributed by atoms with Gasteiger partial charge in [-0.3, -0.25) is 14.9 Å². The number of amides is 3. The van der Waals surface area contributed by atoms with Crippen molar-refractivity contribution in [1.29, 1.82) is 0 Å². The molecule has 0 aliphatic carbocycles. The molecule has 3 amide bonds. The first-order valence-corrected chi connectivity index (χ1v) is 11.4. The first-order valence-electron chi connectivity index (χ1n) is 11.4. The smallest absolute Gasteiger partial charge is 0.411 e. The van der Waals surface area contributed by atoms with E-state index in [-0.39, 0.29) is 30.4 Å². The number of aromatic nitrogens is 2. The minimum atomic E-state index is -0.517. The molecule has 188 valence electrons. The average Bonchev–Trinajstić information content (AvgIpc) is 2.90. The number of nitrogens with one attached hydrogen (secondary N) is 3. The van der Waals surface area contributed by atoms with Crippen LogP contribution in [0.2, 0.25) is 0 Å². The molecule has 3 aromatic rings. The van der Waals surface area contributed by atoms with Crippen LogP contribution in [0.5, 0.6) is 5.75 Å². The summed E-state index contributed by atoms with van der Waals surface area (Å²) in [6.07, 6.45) is 0.658. The second-order valence-electron chi connectivity index (χ2n) is 8.32. The van der Waals surface area contributed by atoms with E-state index >= 15 is 0 Å². The van der Waals surface area contributed by atoms with E-state index in [1.54, 1.807) is 31.4 Å². The molecule has 3 N–H and O–H groups in total. The Hall–Kier alpha value is -4.47. The molecule has 1 aromatic heterocycles. The number of carbonyl (C=O) groups is 3. The molecule has 0 bridgehead atoms. The molecule has 0 spiro atoms. The molecule has 0 fully saturated rings. The van der Waals surface area contributed by atoms with Crippen molar-refractivity contribution in [2.24, 2.45) is 5.92 Å². The maximum Gasteiger partial charge on any atom is 0.411 e. The fourth-order valence-corrected chi connectivity index (χ4v) is 3.04. The molecular weight excluding hydrogens is 462 g/mol. The zero-order valence-electron chi connectivity index (χ0n) is 20.4. The molecule has 0 aliphatic heterocycles. The van der Waals surface area contributed by atoms with E-state index < -0.39 is 17.9 Å². The van der Waals surface area contributed by atoms with Crippen LogP contribution in [0, 0.1) is 5.92 Å². The predicted molar refractivity (Wildman–Crippen MR) is 134 cm³/mol. The van der Waals surface area contributed by atoms with Gasteiger partial charge in [0.15, 0.2) is 0 Å². The van der Waals surface area contributed by atoms with Crippen LogP contribution in [0.3, 0.4) is 0 Å². The molecule has 0 radical (unpaired) electrons. The van der Waals surface area contributed by atoms with Crippen molar-refractivity contribution in [2.45, 2.75) is 26.9 Å². The third kappa shape index (κ3) is 8.08. The number of benzene rings is 2. The molecule has 1 heterocycles. The Morgan fingerprint density at radius 2 is 1.50 bits per heavy atom. The lowest BCUT2D eigenvalue weighted by Gasteiger charge is -2.10. The Bertz CT molecular complexity index is 1200. The lowest BCUT2D eigenvalue weighted by Crippen LogP contribution is -2.27.